The summed E-state index contributed by atoms with van der Waals surface area (Å²) in [6.45, 7) is 8.93. The van der Waals surface area contributed by atoms with E-state index in [1.807, 2.05) is 19.9 Å². The molecule has 1 N–H and O–H groups in total. The lowest BCUT2D eigenvalue weighted by Crippen LogP contribution is -2.33. The zero-order chi connectivity index (χ0) is 22.5. The Hall–Kier alpha value is -1.32. The predicted octanol–water partition coefficient (Wildman–Crippen LogP) is 7.37. The lowest BCUT2D eigenvalue weighted by atomic mass is 9.96. The molecule has 0 aromatic heterocycles. The van der Waals surface area contributed by atoms with Crippen molar-refractivity contribution in [2.75, 3.05) is 13.1 Å². The van der Waals surface area contributed by atoms with E-state index in [1.165, 1.54) is 77.0 Å². The molecule has 0 aliphatic heterocycles. The third-order valence-corrected chi connectivity index (χ3v) is 6.10. The van der Waals surface area contributed by atoms with Crippen LogP contribution in [0, 0.1) is 5.92 Å². The molecule has 4 heteroatoms. The lowest BCUT2D eigenvalue weighted by molar-refractivity contribution is -0.146. The molecular formula is C26H49NO3. The van der Waals surface area contributed by atoms with Crippen LogP contribution in [-0.2, 0) is 9.59 Å². The number of amides is 1. The highest BCUT2D eigenvalue weighted by Crippen LogP contribution is 2.18. The Morgan fingerprint density at radius 3 is 1.53 bits per heavy atom. The van der Waals surface area contributed by atoms with Gasteiger partial charge in [0.05, 0.1) is 5.92 Å². The van der Waals surface area contributed by atoms with E-state index in [9.17, 15) is 14.7 Å². The number of rotatable bonds is 22. The number of allylic oxidation sites excluding steroid dienone is 1. The Labute approximate surface area is 186 Å². The molecule has 30 heavy (non-hydrogen) atoms. The van der Waals surface area contributed by atoms with Crippen molar-refractivity contribution in [1.82, 2.24) is 4.90 Å². The summed E-state index contributed by atoms with van der Waals surface area (Å²) in [6.07, 6.45) is 21.9. The van der Waals surface area contributed by atoms with Crippen LogP contribution in [0.3, 0.4) is 0 Å². The molecular weight excluding hydrogens is 374 g/mol. The van der Waals surface area contributed by atoms with E-state index in [2.05, 4.69) is 6.58 Å². The molecule has 176 valence electrons. The molecule has 0 fully saturated rings. The van der Waals surface area contributed by atoms with Gasteiger partial charge in [0.1, 0.15) is 0 Å². The summed E-state index contributed by atoms with van der Waals surface area (Å²) in [7, 11) is 0. The minimum atomic E-state index is -0.827. The second kappa shape index (κ2) is 20.9. The second-order valence-electron chi connectivity index (χ2n) is 8.62. The van der Waals surface area contributed by atoms with Crippen LogP contribution in [0.1, 0.15) is 123 Å². The summed E-state index contributed by atoms with van der Waals surface area (Å²) < 4.78 is 0. The van der Waals surface area contributed by atoms with E-state index in [0.717, 1.165) is 19.3 Å². The van der Waals surface area contributed by atoms with Gasteiger partial charge in [-0.1, -0.05) is 89.5 Å². The molecule has 1 unspecified atom stereocenters. The van der Waals surface area contributed by atoms with E-state index in [1.54, 1.807) is 4.90 Å². The van der Waals surface area contributed by atoms with Gasteiger partial charge >= 0.3 is 5.97 Å². The highest BCUT2D eigenvalue weighted by Gasteiger charge is 2.22. The number of unbranched alkanes of at least 4 members (excludes halogenated alkanes) is 14. The molecule has 0 saturated carbocycles. The van der Waals surface area contributed by atoms with Gasteiger partial charge in [0.25, 0.3) is 0 Å². The molecule has 0 aromatic carbocycles. The summed E-state index contributed by atoms with van der Waals surface area (Å²) in [5.41, 5.74) is 0. The number of hydrogen-bond donors (Lipinski definition) is 1. The van der Waals surface area contributed by atoms with Crippen molar-refractivity contribution < 1.29 is 14.7 Å². The molecule has 0 bridgehead atoms. The van der Waals surface area contributed by atoms with E-state index in [0.29, 0.717) is 19.5 Å². The van der Waals surface area contributed by atoms with E-state index < -0.39 is 11.9 Å². The molecule has 0 aromatic rings. The molecule has 0 rings (SSSR count). The molecule has 0 aliphatic carbocycles. The average molecular weight is 424 g/mol. The van der Waals surface area contributed by atoms with Crippen LogP contribution < -0.4 is 0 Å². The van der Waals surface area contributed by atoms with Crippen LogP contribution in [0.15, 0.2) is 12.7 Å². The zero-order valence-electron chi connectivity index (χ0n) is 20.0. The fraction of sp³-hybridized carbons (Fsp3) is 0.846. The minimum Gasteiger partial charge on any atom is -0.481 e. The van der Waals surface area contributed by atoms with Crippen LogP contribution in [-0.4, -0.2) is 35.0 Å². The monoisotopic (exact) mass is 423 g/mol. The molecule has 0 saturated heterocycles. The summed E-state index contributed by atoms with van der Waals surface area (Å²) in [5.74, 6) is -1.38. The van der Waals surface area contributed by atoms with E-state index in [4.69, 9.17) is 0 Å². The van der Waals surface area contributed by atoms with Crippen LogP contribution in [0.5, 0.6) is 0 Å². The van der Waals surface area contributed by atoms with Gasteiger partial charge in [-0.25, -0.2) is 0 Å². The third-order valence-electron chi connectivity index (χ3n) is 6.10. The topological polar surface area (TPSA) is 57.6 Å². The molecule has 1 atom stereocenters. The maximum atomic E-state index is 12.2. The molecule has 0 spiro atoms. The molecule has 1 amide bonds. The van der Waals surface area contributed by atoms with Gasteiger partial charge < -0.3 is 10.0 Å². The highest BCUT2D eigenvalue weighted by atomic mass is 16.4. The number of nitrogens with zero attached hydrogens (tertiary/aromatic N) is 1. The number of aliphatic carboxylic acids is 1. The smallest absolute Gasteiger partial charge is 0.307 e. The van der Waals surface area contributed by atoms with Gasteiger partial charge in [-0.3, -0.25) is 9.59 Å². The average Bonchev–Trinajstić information content (AvgIpc) is 2.73. The number of carbonyl (C=O) groups is 2. The minimum absolute atomic E-state index is 0.0277. The van der Waals surface area contributed by atoms with Gasteiger partial charge in [-0.05, 0) is 33.1 Å². The third kappa shape index (κ3) is 16.5. The largest absolute Gasteiger partial charge is 0.481 e. The Morgan fingerprint density at radius 2 is 1.17 bits per heavy atom. The zero-order valence-corrected chi connectivity index (χ0v) is 20.0. The van der Waals surface area contributed by atoms with Crippen molar-refractivity contribution in [1.29, 1.82) is 0 Å². The summed E-state index contributed by atoms with van der Waals surface area (Å²) >= 11 is 0. The first kappa shape index (κ1) is 28.7. The number of hydrogen-bond acceptors (Lipinski definition) is 2. The van der Waals surface area contributed by atoms with Gasteiger partial charge in [0.15, 0.2) is 0 Å². The highest BCUT2D eigenvalue weighted by molar-refractivity contribution is 5.82. The maximum Gasteiger partial charge on any atom is 0.307 e. The van der Waals surface area contributed by atoms with Crippen molar-refractivity contribution in [3.8, 4) is 0 Å². The maximum absolute atomic E-state index is 12.2. The van der Waals surface area contributed by atoms with Crippen molar-refractivity contribution in [3.05, 3.63) is 12.7 Å². The quantitative estimate of drug-likeness (QED) is 0.146. The molecule has 0 heterocycles. The van der Waals surface area contributed by atoms with Crippen molar-refractivity contribution in [2.45, 2.75) is 123 Å². The Balaban J connectivity index is 3.55. The first-order valence-electron chi connectivity index (χ1n) is 12.7. The van der Waals surface area contributed by atoms with Crippen LogP contribution >= 0.6 is 0 Å². The second-order valence-corrected chi connectivity index (χ2v) is 8.62. The van der Waals surface area contributed by atoms with Gasteiger partial charge in [0.2, 0.25) is 5.91 Å². The standard InChI is InChI=1S/C26H49NO3/c1-4-7-8-9-10-11-12-13-14-15-16-17-18-19-20-21-22-24(26(29)30)23-25(28)27(5-2)6-3/h4,24H,1,5-23H2,2-3H3,(H,29,30). The first-order valence-corrected chi connectivity index (χ1v) is 12.7. The summed E-state index contributed by atoms with van der Waals surface area (Å²) in [4.78, 5) is 25.3. The molecule has 0 aliphatic rings. The number of carboxylic acid groups (broad SMARTS) is 1. The normalized spacial score (nSPS) is 11.9. The van der Waals surface area contributed by atoms with Crippen molar-refractivity contribution in [3.63, 3.8) is 0 Å². The van der Waals surface area contributed by atoms with Gasteiger partial charge in [-0.15, -0.1) is 6.58 Å². The summed E-state index contributed by atoms with van der Waals surface area (Å²) in [5, 5.41) is 9.40. The van der Waals surface area contributed by atoms with Crippen molar-refractivity contribution >= 4 is 11.9 Å². The van der Waals surface area contributed by atoms with E-state index >= 15 is 0 Å². The van der Waals surface area contributed by atoms with E-state index in [-0.39, 0.29) is 12.3 Å². The van der Waals surface area contributed by atoms with Gasteiger partial charge in [0, 0.05) is 19.5 Å². The fourth-order valence-electron chi connectivity index (χ4n) is 4.03. The lowest BCUT2D eigenvalue weighted by Gasteiger charge is -2.21. The van der Waals surface area contributed by atoms with Crippen LogP contribution in [0.4, 0.5) is 0 Å². The summed E-state index contributed by atoms with van der Waals surface area (Å²) in [6, 6.07) is 0. The molecule has 0 radical (unpaired) electrons. The Bertz CT molecular complexity index is 432. The molecule has 4 nitrogen and oxygen atoms in total. The fourth-order valence-corrected chi connectivity index (χ4v) is 4.03. The Kier molecular flexibility index (Phi) is 20.0. The van der Waals surface area contributed by atoms with Crippen molar-refractivity contribution in [2.24, 2.45) is 5.92 Å². The Morgan fingerprint density at radius 1 is 0.767 bits per heavy atom. The van der Waals surface area contributed by atoms with Gasteiger partial charge in [-0.2, -0.15) is 0 Å². The van der Waals surface area contributed by atoms with Crippen LogP contribution in [0.2, 0.25) is 0 Å². The first-order chi connectivity index (χ1) is 14.6. The number of carboxylic acids is 1. The van der Waals surface area contributed by atoms with Crippen LogP contribution in [0.25, 0.3) is 0 Å². The predicted molar refractivity (Wildman–Crippen MR) is 128 cm³/mol. The number of carbonyl (C=O) groups excluding carboxylic acids is 1. The SMILES string of the molecule is C=CCCCCCCCCCCCCCCCCC(CC(=O)N(CC)CC)C(=O)O.